The van der Waals surface area contributed by atoms with Crippen LogP contribution in [0.3, 0.4) is 0 Å². The van der Waals surface area contributed by atoms with Gasteiger partial charge in [0.1, 0.15) is 0 Å². The molecule has 1 fully saturated rings. The Balaban J connectivity index is 1.67. The summed E-state index contributed by atoms with van der Waals surface area (Å²) in [5.41, 5.74) is 2.18. The minimum absolute atomic E-state index is 0.137. The van der Waals surface area contributed by atoms with Crippen molar-refractivity contribution in [2.75, 3.05) is 0 Å². The Labute approximate surface area is 119 Å². The number of benzene rings is 1. The van der Waals surface area contributed by atoms with Crippen LogP contribution in [0.5, 0.6) is 0 Å². The first-order valence-electron chi connectivity index (χ1n) is 7.42. The minimum atomic E-state index is 0.137. The Hall–Kier alpha value is -1.90. The summed E-state index contributed by atoms with van der Waals surface area (Å²) in [6.45, 7) is 0.364. The van der Waals surface area contributed by atoms with Crippen LogP contribution in [-0.2, 0) is 6.54 Å². The fourth-order valence-corrected chi connectivity index (χ4v) is 3.01. The molecule has 2 aromatic rings. The molecule has 3 nitrogen and oxygen atoms in total. The van der Waals surface area contributed by atoms with Gasteiger partial charge in [0, 0.05) is 18.0 Å². The van der Waals surface area contributed by atoms with E-state index in [1.807, 2.05) is 18.3 Å². The second-order valence-electron chi connectivity index (χ2n) is 5.62. The van der Waals surface area contributed by atoms with Crippen LogP contribution in [0.15, 0.2) is 43.0 Å². The molecule has 0 saturated heterocycles. The van der Waals surface area contributed by atoms with E-state index in [0.29, 0.717) is 12.5 Å². The minimum Gasteiger partial charge on any atom is -0.330 e. The topological polar surface area (TPSA) is 34.9 Å². The summed E-state index contributed by atoms with van der Waals surface area (Å²) in [5, 5.41) is 0. The molecule has 1 aromatic carbocycles. The van der Waals surface area contributed by atoms with Gasteiger partial charge in [-0.2, -0.15) is 0 Å². The Morgan fingerprint density at radius 3 is 2.55 bits per heavy atom. The van der Waals surface area contributed by atoms with Crippen LogP contribution in [0.25, 0.3) is 0 Å². The second kappa shape index (κ2) is 6.04. The summed E-state index contributed by atoms with van der Waals surface area (Å²) in [7, 11) is 0. The molecule has 104 valence electrons. The monoisotopic (exact) mass is 268 g/mol. The van der Waals surface area contributed by atoms with E-state index in [-0.39, 0.29) is 5.78 Å². The van der Waals surface area contributed by atoms with E-state index in [2.05, 4.69) is 17.1 Å². The van der Waals surface area contributed by atoms with Crippen molar-refractivity contribution in [3.05, 3.63) is 54.1 Å². The maximum Gasteiger partial charge on any atom is 0.182 e. The molecule has 0 spiro atoms. The van der Waals surface area contributed by atoms with Crippen LogP contribution in [0, 0.1) is 0 Å². The highest BCUT2D eigenvalue weighted by molar-refractivity contribution is 5.95. The van der Waals surface area contributed by atoms with Crippen molar-refractivity contribution in [1.82, 2.24) is 9.55 Å². The van der Waals surface area contributed by atoms with Gasteiger partial charge in [-0.1, -0.05) is 43.5 Å². The number of aromatic nitrogens is 2. The fourth-order valence-electron chi connectivity index (χ4n) is 3.01. The molecule has 0 amide bonds. The van der Waals surface area contributed by atoms with E-state index in [1.165, 1.54) is 37.7 Å². The van der Waals surface area contributed by atoms with Gasteiger partial charge in [0.05, 0.1) is 12.9 Å². The zero-order valence-electron chi connectivity index (χ0n) is 11.7. The van der Waals surface area contributed by atoms with Gasteiger partial charge in [0.15, 0.2) is 5.78 Å². The van der Waals surface area contributed by atoms with E-state index in [0.717, 1.165) is 5.56 Å². The molecule has 1 aliphatic carbocycles. The maximum atomic E-state index is 12.2. The molecule has 0 radical (unpaired) electrons. The standard InChI is InChI=1S/C17H20N2O/c20-17(12-19-11-10-18-13-19)16-8-6-15(7-9-16)14-4-2-1-3-5-14/h6-11,13-14H,1-5,12H2. The maximum absolute atomic E-state index is 12.2. The van der Waals surface area contributed by atoms with Crippen LogP contribution in [0.2, 0.25) is 0 Å². The molecular formula is C17H20N2O. The second-order valence-corrected chi connectivity index (χ2v) is 5.62. The van der Waals surface area contributed by atoms with E-state index < -0.39 is 0 Å². The molecule has 0 atom stereocenters. The van der Waals surface area contributed by atoms with E-state index in [1.54, 1.807) is 17.1 Å². The number of ketones is 1. The van der Waals surface area contributed by atoms with Crippen LogP contribution in [0.4, 0.5) is 0 Å². The summed E-state index contributed by atoms with van der Waals surface area (Å²) in [6.07, 6.45) is 11.8. The third kappa shape index (κ3) is 2.98. The molecule has 3 heteroatoms. The van der Waals surface area contributed by atoms with E-state index in [9.17, 15) is 4.79 Å². The van der Waals surface area contributed by atoms with Gasteiger partial charge in [0.2, 0.25) is 0 Å². The van der Waals surface area contributed by atoms with Crippen molar-refractivity contribution in [2.24, 2.45) is 0 Å². The van der Waals surface area contributed by atoms with Gasteiger partial charge >= 0.3 is 0 Å². The smallest absolute Gasteiger partial charge is 0.182 e. The van der Waals surface area contributed by atoms with Gasteiger partial charge in [-0.3, -0.25) is 4.79 Å². The first-order valence-corrected chi connectivity index (χ1v) is 7.42. The SMILES string of the molecule is O=C(Cn1ccnc1)c1ccc(C2CCCCC2)cc1. The molecule has 1 aliphatic rings. The molecule has 1 saturated carbocycles. The number of carbonyl (C=O) groups is 1. The van der Waals surface area contributed by atoms with Crippen LogP contribution in [-0.4, -0.2) is 15.3 Å². The highest BCUT2D eigenvalue weighted by Gasteiger charge is 2.15. The van der Waals surface area contributed by atoms with Crippen LogP contribution < -0.4 is 0 Å². The lowest BCUT2D eigenvalue weighted by molar-refractivity contribution is 0.0972. The Bertz CT molecular complexity index is 551. The zero-order chi connectivity index (χ0) is 13.8. The third-order valence-electron chi connectivity index (χ3n) is 4.19. The summed E-state index contributed by atoms with van der Waals surface area (Å²) >= 11 is 0. The molecule has 20 heavy (non-hydrogen) atoms. The number of imidazole rings is 1. The van der Waals surface area contributed by atoms with Crippen molar-refractivity contribution >= 4 is 5.78 Å². The Kier molecular flexibility index (Phi) is 3.95. The summed E-state index contributed by atoms with van der Waals surface area (Å²) < 4.78 is 1.80. The van der Waals surface area contributed by atoms with Crippen molar-refractivity contribution in [1.29, 1.82) is 0 Å². The van der Waals surface area contributed by atoms with Crippen molar-refractivity contribution in [3.8, 4) is 0 Å². The molecule has 0 N–H and O–H groups in total. The number of Topliss-reactive ketones (excluding diaryl/α,β-unsaturated/α-hetero) is 1. The largest absolute Gasteiger partial charge is 0.330 e. The Morgan fingerprint density at radius 2 is 1.90 bits per heavy atom. The summed E-state index contributed by atoms with van der Waals surface area (Å²) in [6, 6.07) is 8.22. The molecule has 3 rings (SSSR count). The number of carbonyl (C=O) groups excluding carboxylic acids is 1. The summed E-state index contributed by atoms with van der Waals surface area (Å²) in [5.74, 6) is 0.833. The van der Waals surface area contributed by atoms with Crippen LogP contribution >= 0.6 is 0 Å². The van der Waals surface area contributed by atoms with Crippen molar-refractivity contribution in [3.63, 3.8) is 0 Å². The van der Waals surface area contributed by atoms with E-state index in [4.69, 9.17) is 0 Å². The third-order valence-corrected chi connectivity index (χ3v) is 4.19. The predicted octanol–water partition coefficient (Wildman–Crippen LogP) is 3.81. The number of hydrogen-bond donors (Lipinski definition) is 0. The van der Waals surface area contributed by atoms with Gasteiger partial charge in [-0.15, -0.1) is 0 Å². The van der Waals surface area contributed by atoms with Crippen molar-refractivity contribution in [2.45, 2.75) is 44.6 Å². The number of nitrogens with zero attached hydrogens (tertiary/aromatic N) is 2. The van der Waals surface area contributed by atoms with Crippen molar-refractivity contribution < 1.29 is 4.79 Å². The number of hydrogen-bond acceptors (Lipinski definition) is 2. The first kappa shape index (κ1) is 13.1. The first-order chi connectivity index (χ1) is 9.83. The van der Waals surface area contributed by atoms with Gasteiger partial charge in [-0.05, 0) is 24.3 Å². The summed E-state index contributed by atoms with van der Waals surface area (Å²) in [4.78, 5) is 16.1. The molecule has 1 heterocycles. The van der Waals surface area contributed by atoms with Gasteiger partial charge in [0.25, 0.3) is 0 Å². The highest BCUT2D eigenvalue weighted by Crippen LogP contribution is 2.32. The molecule has 0 bridgehead atoms. The fraction of sp³-hybridized carbons (Fsp3) is 0.412. The Morgan fingerprint density at radius 1 is 1.15 bits per heavy atom. The number of rotatable bonds is 4. The normalized spacial score (nSPS) is 16.2. The van der Waals surface area contributed by atoms with Gasteiger partial charge in [-0.25, -0.2) is 4.98 Å². The lowest BCUT2D eigenvalue weighted by atomic mass is 9.84. The highest BCUT2D eigenvalue weighted by atomic mass is 16.1. The quantitative estimate of drug-likeness (QED) is 0.790. The zero-order valence-corrected chi connectivity index (χ0v) is 11.7. The van der Waals surface area contributed by atoms with Crippen LogP contribution in [0.1, 0.15) is 53.9 Å². The average molecular weight is 268 g/mol. The van der Waals surface area contributed by atoms with Gasteiger partial charge < -0.3 is 4.57 Å². The molecule has 1 aromatic heterocycles. The molecule has 0 unspecified atom stereocenters. The lowest BCUT2D eigenvalue weighted by Crippen LogP contribution is -2.09. The lowest BCUT2D eigenvalue weighted by Gasteiger charge is -2.22. The molecule has 0 aliphatic heterocycles. The molecular weight excluding hydrogens is 248 g/mol. The van der Waals surface area contributed by atoms with E-state index >= 15 is 0 Å². The predicted molar refractivity (Wildman–Crippen MR) is 78.8 cm³/mol. The average Bonchev–Trinajstić information content (AvgIpc) is 3.01.